The number of anilines is 2. The molecule has 0 atom stereocenters. The van der Waals surface area contributed by atoms with Crippen molar-refractivity contribution in [1.29, 1.82) is 0 Å². The highest BCUT2D eigenvalue weighted by Crippen LogP contribution is 2.40. The van der Waals surface area contributed by atoms with Crippen molar-refractivity contribution in [3.05, 3.63) is 132 Å². The molecular formula is C26H20N4. The van der Waals surface area contributed by atoms with Crippen LogP contribution in [-0.2, 0) is 0 Å². The molecule has 0 N–H and O–H groups in total. The molecule has 4 nitrogen and oxygen atoms in total. The number of para-hydroxylation sites is 2. The van der Waals surface area contributed by atoms with E-state index in [-0.39, 0.29) is 0 Å². The maximum atomic E-state index is 4.68. The van der Waals surface area contributed by atoms with Gasteiger partial charge in [-0.3, -0.25) is 0 Å². The molecule has 0 bridgehead atoms. The third-order valence-electron chi connectivity index (χ3n) is 4.94. The molecule has 4 heteroatoms. The van der Waals surface area contributed by atoms with E-state index in [1.165, 1.54) is 0 Å². The minimum atomic E-state index is 0.831. The van der Waals surface area contributed by atoms with Crippen molar-refractivity contribution in [2.45, 2.75) is 0 Å². The zero-order valence-electron chi connectivity index (χ0n) is 16.3. The van der Waals surface area contributed by atoms with Gasteiger partial charge in [-0.1, -0.05) is 97.1 Å². The van der Waals surface area contributed by atoms with E-state index in [1.54, 1.807) is 0 Å². The second-order valence-corrected chi connectivity index (χ2v) is 6.89. The fourth-order valence-electron chi connectivity index (χ4n) is 3.55. The first-order valence-corrected chi connectivity index (χ1v) is 9.89. The summed E-state index contributed by atoms with van der Waals surface area (Å²) in [4.78, 5) is 0. The van der Waals surface area contributed by atoms with Crippen LogP contribution in [0.2, 0.25) is 0 Å². The molecule has 0 amide bonds. The minimum absolute atomic E-state index is 0.831. The lowest BCUT2D eigenvalue weighted by Crippen LogP contribution is -2.40. The predicted octanol–water partition coefficient (Wildman–Crippen LogP) is 6.82. The standard InChI is InChI=1S/C26H20N4/c1-5-13-21(14-6-1)25-26(22-15-7-2-8-16-22)29(23-17-9-3-10-18-23)30(28-27-25)24-19-11-4-12-20-24/h1-20H. The number of hydrazine groups is 1. The molecule has 0 saturated heterocycles. The Morgan fingerprint density at radius 1 is 0.467 bits per heavy atom. The summed E-state index contributed by atoms with van der Waals surface area (Å²) in [5, 5.41) is 13.3. The van der Waals surface area contributed by atoms with Crippen LogP contribution in [0, 0.1) is 0 Å². The van der Waals surface area contributed by atoms with Gasteiger partial charge in [0, 0.05) is 11.1 Å². The first kappa shape index (κ1) is 17.9. The zero-order valence-corrected chi connectivity index (χ0v) is 16.3. The van der Waals surface area contributed by atoms with Gasteiger partial charge in [-0.2, -0.15) is 0 Å². The van der Waals surface area contributed by atoms with Crippen LogP contribution < -0.4 is 10.1 Å². The van der Waals surface area contributed by atoms with Gasteiger partial charge in [0.2, 0.25) is 0 Å². The van der Waals surface area contributed by atoms with Gasteiger partial charge in [0.1, 0.15) is 11.4 Å². The van der Waals surface area contributed by atoms with Crippen molar-refractivity contribution in [2.75, 3.05) is 10.1 Å². The van der Waals surface area contributed by atoms with Gasteiger partial charge in [0.15, 0.2) is 0 Å². The van der Waals surface area contributed by atoms with Crippen LogP contribution in [0.15, 0.2) is 132 Å². The van der Waals surface area contributed by atoms with E-state index in [2.05, 4.69) is 51.7 Å². The SMILES string of the molecule is c1ccc(C2=C(c3ccccc3)N(c3ccccc3)N(c3ccccc3)N=N2)cc1. The Hall–Kier alpha value is -4.18. The quantitative estimate of drug-likeness (QED) is 0.384. The molecule has 5 rings (SSSR count). The Morgan fingerprint density at radius 2 is 0.933 bits per heavy atom. The molecule has 0 spiro atoms. The Balaban J connectivity index is 1.78. The Kier molecular flexibility index (Phi) is 4.80. The third-order valence-corrected chi connectivity index (χ3v) is 4.94. The Bertz CT molecular complexity index is 1170. The summed E-state index contributed by atoms with van der Waals surface area (Å²) in [6.45, 7) is 0. The van der Waals surface area contributed by atoms with Crippen molar-refractivity contribution >= 4 is 22.8 Å². The maximum absolute atomic E-state index is 4.68. The molecule has 0 radical (unpaired) electrons. The summed E-state index contributed by atoms with van der Waals surface area (Å²) in [7, 11) is 0. The number of hydrogen-bond acceptors (Lipinski definition) is 4. The molecule has 0 unspecified atom stereocenters. The van der Waals surface area contributed by atoms with Crippen LogP contribution in [-0.4, -0.2) is 0 Å². The Labute approximate surface area is 176 Å². The van der Waals surface area contributed by atoms with E-state index in [1.807, 2.05) is 90.0 Å². The Morgan fingerprint density at radius 3 is 1.50 bits per heavy atom. The molecule has 144 valence electrons. The van der Waals surface area contributed by atoms with E-state index < -0.39 is 0 Å². The zero-order chi connectivity index (χ0) is 20.2. The van der Waals surface area contributed by atoms with Gasteiger partial charge in [-0.05, 0) is 29.5 Å². The van der Waals surface area contributed by atoms with E-state index in [0.717, 1.165) is 33.9 Å². The molecule has 0 aromatic heterocycles. The van der Waals surface area contributed by atoms with Crippen LogP contribution >= 0.6 is 0 Å². The largest absolute Gasteiger partial charge is 0.229 e. The van der Waals surface area contributed by atoms with Gasteiger partial charge in [0.05, 0.1) is 11.4 Å². The molecular weight excluding hydrogens is 368 g/mol. The second-order valence-electron chi connectivity index (χ2n) is 6.89. The minimum Gasteiger partial charge on any atom is -0.229 e. The van der Waals surface area contributed by atoms with Gasteiger partial charge in [-0.25, -0.2) is 5.01 Å². The molecule has 0 aliphatic carbocycles. The first-order chi connectivity index (χ1) is 14.9. The molecule has 4 aromatic carbocycles. The molecule has 30 heavy (non-hydrogen) atoms. The summed E-state index contributed by atoms with van der Waals surface area (Å²) in [5.74, 6) is 0. The van der Waals surface area contributed by atoms with Gasteiger partial charge in [-0.15, -0.1) is 10.2 Å². The summed E-state index contributed by atoms with van der Waals surface area (Å²) in [5.41, 5.74) is 5.84. The molecule has 0 fully saturated rings. The average molecular weight is 388 g/mol. The van der Waals surface area contributed by atoms with Gasteiger partial charge in [0.25, 0.3) is 0 Å². The number of benzene rings is 4. The normalized spacial score (nSPS) is 13.6. The van der Waals surface area contributed by atoms with Crippen molar-refractivity contribution in [3.8, 4) is 0 Å². The highest BCUT2D eigenvalue weighted by molar-refractivity contribution is 5.98. The number of rotatable bonds is 4. The van der Waals surface area contributed by atoms with Crippen LogP contribution in [0.1, 0.15) is 11.1 Å². The molecule has 0 saturated carbocycles. The summed E-state index contributed by atoms with van der Waals surface area (Å²) in [6.07, 6.45) is 0. The first-order valence-electron chi connectivity index (χ1n) is 9.89. The molecule has 4 aromatic rings. The maximum Gasteiger partial charge on any atom is 0.121 e. The van der Waals surface area contributed by atoms with E-state index in [9.17, 15) is 0 Å². The lowest BCUT2D eigenvalue weighted by Gasteiger charge is -2.38. The lowest BCUT2D eigenvalue weighted by molar-refractivity contribution is 0.802. The van der Waals surface area contributed by atoms with Gasteiger partial charge < -0.3 is 0 Å². The smallest absolute Gasteiger partial charge is 0.121 e. The van der Waals surface area contributed by atoms with Crippen LogP contribution in [0.5, 0.6) is 0 Å². The summed E-state index contributed by atoms with van der Waals surface area (Å²) < 4.78 is 0. The third kappa shape index (κ3) is 3.35. The van der Waals surface area contributed by atoms with Crippen LogP contribution in [0.3, 0.4) is 0 Å². The van der Waals surface area contributed by atoms with Crippen LogP contribution in [0.4, 0.5) is 11.4 Å². The fourth-order valence-corrected chi connectivity index (χ4v) is 3.55. The van der Waals surface area contributed by atoms with E-state index in [0.29, 0.717) is 0 Å². The van der Waals surface area contributed by atoms with Crippen molar-refractivity contribution in [1.82, 2.24) is 0 Å². The fraction of sp³-hybridized carbons (Fsp3) is 0. The number of hydrogen-bond donors (Lipinski definition) is 0. The van der Waals surface area contributed by atoms with Gasteiger partial charge >= 0.3 is 0 Å². The highest BCUT2D eigenvalue weighted by Gasteiger charge is 2.29. The molecule has 1 aliphatic rings. The summed E-state index contributed by atoms with van der Waals surface area (Å²) in [6, 6.07) is 40.9. The van der Waals surface area contributed by atoms with Crippen molar-refractivity contribution in [3.63, 3.8) is 0 Å². The molecule has 1 heterocycles. The van der Waals surface area contributed by atoms with E-state index >= 15 is 0 Å². The topological polar surface area (TPSA) is 31.2 Å². The van der Waals surface area contributed by atoms with E-state index in [4.69, 9.17) is 0 Å². The predicted molar refractivity (Wildman–Crippen MR) is 122 cm³/mol. The highest BCUT2D eigenvalue weighted by atomic mass is 15.8. The second kappa shape index (κ2) is 8.05. The lowest BCUT2D eigenvalue weighted by atomic mass is 10.0. The summed E-state index contributed by atoms with van der Waals surface area (Å²) >= 11 is 0. The number of nitrogens with zero attached hydrogens (tertiary/aromatic N) is 4. The monoisotopic (exact) mass is 388 g/mol. The van der Waals surface area contributed by atoms with Crippen molar-refractivity contribution in [2.24, 2.45) is 10.3 Å². The van der Waals surface area contributed by atoms with Crippen molar-refractivity contribution < 1.29 is 0 Å². The average Bonchev–Trinajstić information content (AvgIpc) is 2.85. The molecule has 1 aliphatic heterocycles. The van der Waals surface area contributed by atoms with Crippen LogP contribution in [0.25, 0.3) is 11.4 Å².